The molecule has 2 rings (SSSR count). The van der Waals surface area contributed by atoms with E-state index in [2.05, 4.69) is 10.2 Å². The van der Waals surface area contributed by atoms with E-state index in [1.54, 1.807) is 43.8 Å². The van der Waals surface area contributed by atoms with E-state index in [1.807, 2.05) is 0 Å². The first-order chi connectivity index (χ1) is 8.37. The van der Waals surface area contributed by atoms with E-state index in [9.17, 15) is 9.59 Å². The maximum atomic E-state index is 11.7. The Bertz CT molecular complexity index is 634. The van der Waals surface area contributed by atoms with Crippen molar-refractivity contribution in [3.63, 3.8) is 0 Å². The topological polar surface area (TPSA) is 77.0 Å². The predicted molar refractivity (Wildman–Crippen MR) is 66.2 cm³/mol. The molecule has 96 valence electrons. The molecular formula is C12H15N3O3. The maximum Gasteiger partial charge on any atom is 0.326 e. The van der Waals surface area contributed by atoms with E-state index in [-0.39, 0.29) is 18.1 Å². The zero-order valence-electron chi connectivity index (χ0n) is 10.6. The third kappa shape index (κ3) is 2.58. The molecule has 0 aliphatic heterocycles. The van der Waals surface area contributed by atoms with Crippen molar-refractivity contribution in [2.75, 3.05) is 0 Å². The number of carbonyl (C=O) groups is 1. The van der Waals surface area contributed by atoms with Crippen molar-refractivity contribution < 1.29 is 9.53 Å². The molecule has 0 spiro atoms. The summed E-state index contributed by atoms with van der Waals surface area (Å²) in [6, 6.07) is 1.74. The molecule has 0 aliphatic carbocycles. The molecule has 0 radical (unpaired) electrons. The normalized spacial score (nSPS) is 11.7. The fraction of sp³-hybridized carbons (Fsp3) is 0.417. The van der Waals surface area contributed by atoms with E-state index in [4.69, 9.17) is 4.74 Å². The number of hydrogen-bond acceptors (Lipinski definition) is 4. The standard InChI is InChI=1S/C12H15N3O3/c1-12(2,3)18-9(16)7-15-5-4-8-6-13-14-11(17)10(8)15/h4-6H,7H2,1-3H3,(H,14,17). The molecular weight excluding hydrogens is 234 g/mol. The van der Waals surface area contributed by atoms with Crippen LogP contribution >= 0.6 is 0 Å². The molecule has 0 amide bonds. The number of hydrogen-bond donors (Lipinski definition) is 1. The molecule has 0 aromatic carbocycles. The Balaban J connectivity index is 2.28. The van der Waals surface area contributed by atoms with Crippen LogP contribution in [0.25, 0.3) is 10.9 Å². The summed E-state index contributed by atoms with van der Waals surface area (Å²) in [7, 11) is 0. The first-order valence-corrected chi connectivity index (χ1v) is 5.61. The minimum atomic E-state index is -0.534. The molecule has 0 saturated carbocycles. The average molecular weight is 249 g/mol. The van der Waals surface area contributed by atoms with Gasteiger partial charge in [-0.2, -0.15) is 5.10 Å². The van der Waals surface area contributed by atoms with Gasteiger partial charge in [-0.3, -0.25) is 9.59 Å². The second-order valence-corrected chi connectivity index (χ2v) is 5.03. The van der Waals surface area contributed by atoms with Gasteiger partial charge in [-0.05, 0) is 26.8 Å². The first kappa shape index (κ1) is 12.3. The lowest BCUT2D eigenvalue weighted by Gasteiger charge is -2.19. The van der Waals surface area contributed by atoms with Crippen LogP contribution in [0.15, 0.2) is 23.3 Å². The second kappa shape index (κ2) is 4.29. The van der Waals surface area contributed by atoms with Gasteiger partial charge >= 0.3 is 5.97 Å². The van der Waals surface area contributed by atoms with E-state index < -0.39 is 5.60 Å². The van der Waals surface area contributed by atoms with Crippen LogP contribution in [-0.2, 0) is 16.1 Å². The fourth-order valence-electron chi connectivity index (χ4n) is 1.71. The van der Waals surface area contributed by atoms with E-state index >= 15 is 0 Å². The van der Waals surface area contributed by atoms with Crippen molar-refractivity contribution in [2.24, 2.45) is 0 Å². The van der Waals surface area contributed by atoms with E-state index in [0.29, 0.717) is 10.9 Å². The van der Waals surface area contributed by atoms with Crippen molar-refractivity contribution >= 4 is 16.9 Å². The molecule has 0 fully saturated rings. The van der Waals surface area contributed by atoms with Gasteiger partial charge in [-0.15, -0.1) is 0 Å². The number of esters is 1. The van der Waals surface area contributed by atoms with Gasteiger partial charge in [0.1, 0.15) is 17.7 Å². The summed E-state index contributed by atoms with van der Waals surface area (Å²) in [5.41, 5.74) is -0.425. The quantitative estimate of drug-likeness (QED) is 0.807. The van der Waals surface area contributed by atoms with Crippen LogP contribution in [0.3, 0.4) is 0 Å². The highest BCUT2D eigenvalue weighted by Gasteiger charge is 2.17. The van der Waals surface area contributed by atoms with Crippen LogP contribution in [0.1, 0.15) is 20.8 Å². The summed E-state index contributed by atoms with van der Waals surface area (Å²) >= 11 is 0. The van der Waals surface area contributed by atoms with Crippen molar-refractivity contribution in [1.29, 1.82) is 0 Å². The third-order valence-electron chi connectivity index (χ3n) is 2.30. The lowest BCUT2D eigenvalue weighted by Crippen LogP contribution is -2.27. The molecule has 2 aromatic rings. The number of aromatic amines is 1. The third-order valence-corrected chi connectivity index (χ3v) is 2.30. The van der Waals surface area contributed by atoms with Gasteiger partial charge < -0.3 is 9.30 Å². The summed E-state index contributed by atoms with van der Waals surface area (Å²) in [5.74, 6) is -0.379. The van der Waals surface area contributed by atoms with Crippen molar-refractivity contribution in [1.82, 2.24) is 14.8 Å². The summed E-state index contributed by atoms with van der Waals surface area (Å²) in [5, 5.41) is 6.74. The van der Waals surface area contributed by atoms with Gasteiger partial charge in [0.15, 0.2) is 0 Å². The maximum absolute atomic E-state index is 11.7. The molecule has 2 heterocycles. The molecule has 0 atom stereocenters. The Morgan fingerprint density at radius 2 is 2.22 bits per heavy atom. The van der Waals surface area contributed by atoms with E-state index in [1.165, 1.54) is 0 Å². The van der Waals surface area contributed by atoms with Gasteiger partial charge in [0.25, 0.3) is 5.56 Å². The highest BCUT2D eigenvalue weighted by molar-refractivity contribution is 5.80. The van der Waals surface area contributed by atoms with E-state index in [0.717, 1.165) is 0 Å². The van der Waals surface area contributed by atoms with Crippen molar-refractivity contribution in [3.05, 3.63) is 28.8 Å². The number of ether oxygens (including phenoxy) is 1. The molecule has 2 aromatic heterocycles. The predicted octanol–water partition coefficient (Wildman–Crippen LogP) is 1.07. The minimum Gasteiger partial charge on any atom is -0.459 e. The SMILES string of the molecule is CC(C)(C)OC(=O)Cn1ccc2cn[nH]c(=O)c21. The van der Waals surface area contributed by atoms with Crippen molar-refractivity contribution in [3.8, 4) is 0 Å². The zero-order chi connectivity index (χ0) is 13.3. The Kier molecular flexibility index (Phi) is 2.94. The van der Waals surface area contributed by atoms with Gasteiger partial charge in [-0.25, -0.2) is 5.10 Å². The summed E-state index contributed by atoms with van der Waals surface area (Å²) < 4.78 is 6.77. The summed E-state index contributed by atoms with van der Waals surface area (Å²) in [4.78, 5) is 23.3. The Morgan fingerprint density at radius 3 is 2.89 bits per heavy atom. The van der Waals surface area contributed by atoms with Crippen LogP contribution in [-0.4, -0.2) is 26.3 Å². The minimum absolute atomic E-state index is 0.00780. The Morgan fingerprint density at radius 1 is 1.50 bits per heavy atom. The van der Waals surface area contributed by atoms with Gasteiger partial charge in [0.2, 0.25) is 0 Å². The van der Waals surface area contributed by atoms with Crippen LogP contribution in [0, 0.1) is 0 Å². The Hall–Kier alpha value is -2.11. The summed E-state index contributed by atoms with van der Waals surface area (Å²) in [6.45, 7) is 5.41. The largest absolute Gasteiger partial charge is 0.459 e. The van der Waals surface area contributed by atoms with Crippen molar-refractivity contribution in [2.45, 2.75) is 32.9 Å². The molecule has 6 heteroatoms. The second-order valence-electron chi connectivity index (χ2n) is 5.03. The monoisotopic (exact) mass is 249 g/mol. The number of H-pyrrole nitrogens is 1. The summed E-state index contributed by atoms with van der Waals surface area (Å²) in [6.07, 6.45) is 3.22. The number of carbonyl (C=O) groups excluding carboxylic acids is 1. The molecule has 18 heavy (non-hydrogen) atoms. The molecule has 1 N–H and O–H groups in total. The number of nitrogens with zero attached hydrogens (tertiary/aromatic N) is 2. The number of fused-ring (bicyclic) bond motifs is 1. The van der Waals surface area contributed by atoms with Gasteiger partial charge in [0, 0.05) is 11.6 Å². The highest BCUT2D eigenvalue weighted by Crippen LogP contribution is 2.12. The molecule has 0 bridgehead atoms. The first-order valence-electron chi connectivity index (χ1n) is 5.61. The molecule has 0 unspecified atom stereocenters. The zero-order valence-corrected chi connectivity index (χ0v) is 10.6. The lowest BCUT2D eigenvalue weighted by atomic mass is 10.2. The number of nitrogens with one attached hydrogen (secondary N) is 1. The average Bonchev–Trinajstić information content (AvgIpc) is 2.59. The highest BCUT2D eigenvalue weighted by atomic mass is 16.6. The van der Waals surface area contributed by atoms with Crippen LogP contribution in [0.4, 0.5) is 0 Å². The van der Waals surface area contributed by atoms with Gasteiger partial charge in [0.05, 0.1) is 6.20 Å². The van der Waals surface area contributed by atoms with Crippen LogP contribution < -0.4 is 5.56 Å². The van der Waals surface area contributed by atoms with Crippen LogP contribution in [0.5, 0.6) is 0 Å². The Labute approximate surface area is 104 Å². The molecule has 0 aliphatic rings. The number of rotatable bonds is 2. The van der Waals surface area contributed by atoms with Crippen LogP contribution in [0.2, 0.25) is 0 Å². The fourth-order valence-corrected chi connectivity index (χ4v) is 1.71. The van der Waals surface area contributed by atoms with Gasteiger partial charge in [-0.1, -0.05) is 0 Å². The molecule has 6 nitrogen and oxygen atoms in total. The molecule has 0 saturated heterocycles. The number of aromatic nitrogens is 3. The lowest BCUT2D eigenvalue weighted by molar-refractivity contribution is -0.155. The smallest absolute Gasteiger partial charge is 0.326 e.